The number of nitrogens with zero attached hydrogens (tertiary/aromatic N) is 2. The average Bonchev–Trinajstić information content (AvgIpc) is 3.08. The van der Waals surface area contributed by atoms with Gasteiger partial charge in [-0.25, -0.2) is 12.8 Å². The van der Waals surface area contributed by atoms with E-state index in [1.807, 2.05) is 35.2 Å². The summed E-state index contributed by atoms with van der Waals surface area (Å²) in [6, 6.07) is 13.8. The Morgan fingerprint density at radius 2 is 1.89 bits per heavy atom. The maximum Gasteiger partial charge on any atom is 0.160 e. The number of sulfone groups is 1. The lowest BCUT2D eigenvalue weighted by molar-refractivity contribution is 0.343. The fraction of sp³-hybridized carbons (Fsp3) is 0.316. The first-order valence-corrected chi connectivity index (χ1v) is 11.8. The highest BCUT2D eigenvalue weighted by molar-refractivity contribution is 8.13. The van der Waals surface area contributed by atoms with E-state index in [1.54, 1.807) is 12.1 Å². The van der Waals surface area contributed by atoms with Crippen molar-refractivity contribution in [1.82, 2.24) is 4.90 Å². The molecule has 2 aliphatic heterocycles. The number of hydrogen-bond donors (Lipinski definition) is 0. The third kappa shape index (κ3) is 4.15. The number of benzene rings is 2. The van der Waals surface area contributed by atoms with Gasteiger partial charge in [0, 0.05) is 17.3 Å². The van der Waals surface area contributed by atoms with E-state index in [0.717, 1.165) is 10.7 Å². The molecule has 2 aromatic carbocycles. The Kier molecular flexibility index (Phi) is 5.18. The van der Waals surface area contributed by atoms with Gasteiger partial charge in [0.05, 0.1) is 23.6 Å². The van der Waals surface area contributed by atoms with E-state index >= 15 is 0 Å². The summed E-state index contributed by atoms with van der Waals surface area (Å²) in [5.74, 6) is 0.405. The smallest absolute Gasteiger partial charge is 0.160 e. The third-order valence-corrected chi connectivity index (χ3v) is 7.80. The minimum atomic E-state index is -3.07. The van der Waals surface area contributed by atoms with Crippen LogP contribution in [0.15, 0.2) is 53.5 Å². The first kappa shape index (κ1) is 18.8. The first-order valence-electron chi connectivity index (χ1n) is 8.57. The maximum atomic E-state index is 13.9. The highest BCUT2D eigenvalue weighted by Gasteiger charge is 2.46. The number of rotatable bonds is 4. The molecule has 2 aliphatic rings. The second kappa shape index (κ2) is 7.45. The normalized spacial score (nSPS) is 23.3. The van der Waals surface area contributed by atoms with Crippen LogP contribution >= 0.6 is 23.4 Å². The van der Waals surface area contributed by atoms with Gasteiger partial charge in [0.1, 0.15) is 5.82 Å². The minimum absolute atomic E-state index is 0.0819. The lowest BCUT2D eigenvalue weighted by Crippen LogP contribution is -2.38. The van der Waals surface area contributed by atoms with Gasteiger partial charge in [0.25, 0.3) is 0 Å². The van der Waals surface area contributed by atoms with Gasteiger partial charge in [-0.05, 0) is 29.3 Å². The molecule has 0 unspecified atom stereocenters. The van der Waals surface area contributed by atoms with Crippen LogP contribution in [0.25, 0.3) is 0 Å². The summed E-state index contributed by atoms with van der Waals surface area (Å²) in [7, 11) is -3.07. The van der Waals surface area contributed by atoms with Crippen molar-refractivity contribution < 1.29 is 12.8 Å². The van der Waals surface area contributed by atoms with Crippen molar-refractivity contribution in [3.8, 4) is 0 Å². The van der Waals surface area contributed by atoms with Crippen molar-refractivity contribution in [2.24, 2.45) is 4.99 Å². The van der Waals surface area contributed by atoms with E-state index in [1.165, 1.54) is 17.8 Å². The van der Waals surface area contributed by atoms with Crippen LogP contribution in [0.5, 0.6) is 0 Å². The molecule has 0 saturated carbocycles. The van der Waals surface area contributed by atoms with Crippen LogP contribution in [0.4, 0.5) is 4.39 Å². The van der Waals surface area contributed by atoms with E-state index in [0.29, 0.717) is 22.9 Å². The van der Waals surface area contributed by atoms with Crippen LogP contribution in [0.2, 0.25) is 5.02 Å². The number of fused-ring (bicyclic) bond motifs is 1. The molecule has 27 heavy (non-hydrogen) atoms. The zero-order chi connectivity index (χ0) is 19.0. The molecule has 0 bridgehead atoms. The SMILES string of the molecule is O=S1(=O)C[C@@H]2[C@@H](C1)N=C(SCc1ccccc1F)N2Cc1ccc(Cl)cc1. The lowest BCUT2D eigenvalue weighted by atomic mass is 10.1. The summed E-state index contributed by atoms with van der Waals surface area (Å²) in [6.45, 7) is 0.553. The maximum absolute atomic E-state index is 13.9. The van der Waals surface area contributed by atoms with Crippen LogP contribution in [0.1, 0.15) is 11.1 Å². The van der Waals surface area contributed by atoms with E-state index in [4.69, 9.17) is 11.6 Å². The highest BCUT2D eigenvalue weighted by atomic mass is 35.5. The quantitative estimate of drug-likeness (QED) is 0.750. The number of amidine groups is 1. The molecule has 0 aliphatic carbocycles. The molecule has 0 radical (unpaired) electrons. The van der Waals surface area contributed by atoms with Crippen LogP contribution in [0.3, 0.4) is 0 Å². The topological polar surface area (TPSA) is 49.7 Å². The first-order chi connectivity index (χ1) is 12.9. The molecule has 0 aromatic heterocycles. The van der Waals surface area contributed by atoms with Crippen molar-refractivity contribution >= 4 is 38.4 Å². The Labute approximate surface area is 167 Å². The molecule has 142 valence electrons. The fourth-order valence-electron chi connectivity index (χ4n) is 3.44. The van der Waals surface area contributed by atoms with E-state index in [2.05, 4.69) is 4.99 Å². The molecule has 2 heterocycles. The summed E-state index contributed by atoms with van der Waals surface area (Å²) < 4.78 is 38.0. The number of aliphatic imine (C=N–C) groups is 1. The predicted molar refractivity (Wildman–Crippen MR) is 108 cm³/mol. The zero-order valence-corrected chi connectivity index (χ0v) is 16.8. The third-order valence-electron chi connectivity index (χ3n) is 4.80. The molecule has 0 amide bonds. The molecule has 2 atom stereocenters. The van der Waals surface area contributed by atoms with Gasteiger partial charge in [0.2, 0.25) is 0 Å². The van der Waals surface area contributed by atoms with Crippen LogP contribution in [-0.2, 0) is 22.1 Å². The van der Waals surface area contributed by atoms with Crippen LogP contribution in [0, 0.1) is 5.82 Å². The lowest BCUT2D eigenvalue weighted by Gasteiger charge is -2.26. The molecular weight excluding hydrogens is 407 g/mol. The fourth-order valence-corrected chi connectivity index (χ4v) is 6.53. The van der Waals surface area contributed by atoms with Gasteiger partial charge in [-0.3, -0.25) is 4.99 Å². The largest absolute Gasteiger partial charge is 0.341 e. The summed E-state index contributed by atoms with van der Waals surface area (Å²) in [6.07, 6.45) is 0. The Morgan fingerprint density at radius 3 is 2.63 bits per heavy atom. The second-order valence-electron chi connectivity index (χ2n) is 6.76. The van der Waals surface area contributed by atoms with Gasteiger partial charge < -0.3 is 4.90 Å². The molecule has 2 aromatic rings. The molecule has 1 saturated heterocycles. The summed E-state index contributed by atoms with van der Waals surface area (Å²) in [5.41, 5.74) is 1.64. The highest BCUT2D eigenvalue weighted by Crippen LogP contribution is 2.33. The van der Waals surface area contributed by atoms with Crippen molar-refractivity contribution in [2.45, 2.75) is 24.4 Å². The van der Waals surface area contributed by atoms with Gasteiger partial charge in [0.15, 0.2) is 15.0 Å². The molecule has 4 nitrogen and oxygen atoms in total. The van der Waals surface area contributed by atoms with Crippen LogP contribution in [-0.4, -0.2) is 42.1 Å². The van der Waals surface area contributed by atoms with Crippen molar-refractivity contribution in [2.75, 3.05) is 11.5 Å². The van der Waals surface area contributed by atoms with E-state index in [9.17, 15) is 12.8 Å². The standard InChI is InChI=1S/C19H18ClFN2O2S2/c20-15-7-5-13(6-8-15)9-23-18-12-27(24,25)11-17(18)22-19(23)26-10-14-3-1-2-4-16(14)21/h1-8,17-18H,9-12H2/t17-,18-/m1/s1. The Morgan fingerprint density at radius 1 is 1.15 bits per heavy atom. The Hall–Kier alpha value is -1.57. The molecule has 0 spiro atoms. The summed E-state index contributed by atoms with van der Waals surface area (Å²) in [4.78, 5) is 6.71. The number of hydrogen-bond acceptors (Lipinski definition) is 5. The number of halogens is 2. The van der Waals surface area contributed by atoms with Crippen LogP contribution < -0.4 is 0 Å². The minimum Gasteiger partial charge on any atom is -0.341 e. The molecular formula is C19H18ClFN2O2S2. The molecule has 0 N–H and O–H groups in total. The Bertz CT molecular complexity index is 979. The van der Waals surface area contributed by atoms with Crippen molar-refractivity contribution in [3.05, 3.63) is 70.5 Å². The zero-order valence-electron chi connectivity index (χ0n) is 14.4. The van der Waals surface area contributed by atoms with Crippen molar-refractivity contribution in [3.63, 3.8) is 0 Å². The van der Waals surface area contributed by atoms with Gasteiger partial charge >= 0.3 is 0 Å². The molecule has 1 fully saturated rings. The van der Waals surface area contributed by atoms with E-state index in [-0.39, 0.29) is 29.4 Å². The Balaban J connectivity index is 1.55. The van der Waals surface area contributed by atoms with Gasteiger partial charge in [-0.2, -0.15) is 0 Å². The average molecular weight is 425 g/mol. The summed E-state index contributed by atoms with van der Waals surface area (Å²) >= 11 is 7.41. The van der Waals surface area contributed by atoms with E-state index < -0.39 is 9.84 Å². The molecule has 4 rings (SSSR count). The van der Waals surface area contributed by atoms with Crippen molar-refractivity contribution in [1.29, 1.82) is 0 Å². The van der Waals surface area contributed by atoms with Gasteiger partial charge in [-0.15, -0.1) is 0 Å². The second-order valence-corrected chi connectivity index (χ2v) is 10.3. The molecule has 8 heteroatoms. The van der Waals surface area contributed by atoms with Gasteiger partial charge in [-0.1, -0.05) is 53.7 Å². The summed E-state index contributed by atoms with van der Waals surface area (Å²) in [5, 5.41) is 1.43. The predicted octanol–water partition coefficient (Wildman–Crippen LogP) is 3.75. The number of thioether (sulfide) groups is 1. The monoisotopic (exact) mass is 424 g/mol.